The molecule has 1 nitrogen and oxygen atoms in total. The summed E-state index contributed by atoms with van der Waals surface area (Å²) in [6.07, 6.45) is 7.22. The molecule has 0 aromatic rings. The third kappa shape index (κ3) is 2.75. The Kier molecular flexibility index (Phi) is 4.46. The first kappa shape index (κ1) is 9.53. The van der Waals surface area contributed by atoms with Crippen LogP contribution in [0.5, 0.6) is 0 Å². The number of rotatable bonds is 3. The van der Waals surface area contributed by atoms with Crippen molar-refractivity contribution >= 4 is 15.9 Å². The quantitative estimate of drug-likeness (QED) is 0.665. The first-order valence-corrected chi connectivity index (χ1v) is 5.59. The first-order valence-electron chi connectivity index (χ1n) is 4.47. The number of alkyl halides is 1. The minimum absolute atomic E-state index is 0.543. The molecule has 0 aromatic carbocycles. The molecule has 2 heteroatoms. The highest BCUT2D eigenvalue weighted by Gasteiger charge is 2.23. The maximum Gasteiger partial charge on any atom is 0.0599 e. The first-order chi connectivity index (χ1) is 5.38. The van der Waals surface area contributed by atoms with Crippen molar-refractivity contribution in [2.75, 3.05) is 12.4 Å². The molecule has 1 saturated carbocycles. The Labute approximate surface area is 77.6 Å². The summed E-state index contributed by atoms with van der Waals surface area (Å²) in [5.41, 5.74) is 0. The van der Waals surface area contributed by atoms with E-state index >= 15 is 0 Å². The van der Waals surface area contributed by atoms with Crippen LogP contribution in [-0.2, 0) is 4.74 Å². The highest BCUT2D eigenvalue weighted by atomic mass is 79.9. The minimum atomic E-state index is 0.543. The lowest BCUT2D eigenvalue weighted by Crippen LogP contribution is -2.26. The molecule has 0 spiro atoms. The van der Waals surface area contributed by atoms with Gasteiger partial charge in [-0.25, -0.2) is 0 Å². The average Bonchev–Trinajstić information content (AvgIpc) is 2.06. The van der Waals surface area contributed by atoms with Gasteiger partial charge in [0.2, 0.25) is 0 Å². The monoisotopic (exact) mass is 220 g/mol. The smallest absolute Gasteiger partial charge is 0.0599 e. The van der Waals surface area contributed by atoms with Crippen molar-refractivity contribution in [2.24, 2.45) is 5.92 Å². The predicted molar refractivity (Wildman–Crippen MR) is 51.2 cm³/mol. The maximum atomic E-state index is 5.44. The Morgan fingerprint density at radius 1 is 1.36 bits per heavy atom. The van der Waals surface area contributed by atoms with Crippen LogP contribution in [0.25, 0.3) is 0 Å². The number of hydrogen-bond donors (Lipinski definition) is 0. The van der Waals surface area contributed by atoms with Gasteiger partial charge in [-0.05, 0) is 25.2 Å². The van der Waals surface area contributed by atoms with E-state index in [1.807, 2.05) is 7.11 Å². The summed E-state index contributed by atoms with van der Waals surface area (Å²) in [6.45, 7) is 0. The number of methoxy groups -OCH3 is 1. The van der Waals surface area contributed by atoms with Crippen molar-refractivity contribution in [1.29, 1.82) is 0 Å². The molecule has 66 valence electrons. The van der Waals surface area contributed by atoms with E-state index in [-0.39, 0.29) is 0 Å². The van der Waals surface area contributed by atoms with E-state index in [1.165, 1.54) is 32.1 Å². The van der Waals surface area contributed by atoms with E-state index in [0.717, 1.165) is 11.2 Å². The molecule has 0 aromatic heterocycles. The molecule has 11 heavy (non-hydrogen) atoms. The SMILES string of the molecule is CO[C@H]1CCCC[C@@H]1CCBr. The zero-order valence-corrected chi connectivity index (χ0v) is 8.77. The summed E-state index contributed by atoms with van der Waals surface area (Å²) in [6, 6.07) is 0. The lowest BCUT2D eigenvalue weighted by molar-refractivity contribution is 0.0229. The van der Waals surface area contributed by atoms with Gasteiger partial charge in [-0.1, -0.05) is 28.8 Å². The van der Waals surface area contributed by atoms with E-state index in [4.69, 9.17) is 4.74 Å². The van der Waals surface area contributed by atoms with E-state index in [1.54, 1.807) is 0 Å². The van der Waals surface area contributed by atoms with Crippen LogP contribution in [0.2, 0.25) is 0 Å². The van der Waals surface area contributed by atoms with Gasteiger partial charge in [0, 0.05) is 12.4 Å². The van der Waals surface area contributed by atoms with E-state index in [2.05, 4.69) is 15.9 Å². The third-order valence-electron chi connectivity index (χ3n) is 2.62. The molecular weight excluding hydrogens is 204 g/mol. The van der Waals surface area contributed by atoms with Gasteiger partial charge in [0.05, 0.1) is 6.10 Å². The summed E-state index contributed by atoms with van der Waals surface area (Å²) in [7, 11) is 1.84. The molecule has 0 amide bonds. The topological polar surface area (TPSA) is 9.23 Å². The molecule has 1 aliphatic rings. The lowest BCUT2D eigenvalue weighted by atomic mass is 9.85. The fourth-order valence-electron chi connectivity index (χ4n) is 1.95. The highest BCUT2D eigenvalue weighted by molar-refractivity contribution is 9.09. The van der Waals surface area contributed by atoms with Gasteiger partial charge in [-0.15, -0.1) is 0 Å². The highest BCUT2D eigenvalue weighted by Crippen LogP contribution is 2.29. The molecule has 1 aliphatic carbocycles. The predicted octanol–water partition coefficient (Wildman–Crippen LogP) is 2.98. The van der Waals surface area contributed by atoms with Crippen LogP contribution in [0, 0.1) is 5.92 Å². The second kappa shape index (κ2) is 5.15. The zero-order valence-electron chi connectivity index (χ0n) is 7.18. The van der Waals surface area contributed by atoms with Crippen molar-refractivity contribution < 1.29 is 4.74 Å². The zero-order chi connectivity index (χ0) is 8.10. The van der Waals surface area contributed by atoms with Gasteiger partial charge in [-0.3, -0.25) is 0 Å². The van der Waals surface area contributed by atoms with E-state index in [9.17, 15) is 0 Å². The molecule has 1 rings (SSSR count). The van der Waals surface area contributed by atoms with Crippen molar-refractivity contribution in [2.45, 2.75) is 38.2 Å². The van der Waals surface area contributed by atoms with Crippen LogP contribution >= 0.6 is 15.9 Å². The molecule has 2 atom stereocenters. The Morgan fingerprint density at radius 2 is 2.09 bits per heavy atom. The second-order valence-electron chi connectivity index (χ2n) is 3.30. The van der Waals surface area contributed by atoms with Crippen LogP contribution in [0.1, 0.15) is 32.1 Å². The van der Waals surface area contributed by atoms with Crippen molar-refractivity contribution in [3.05, 3.63) is 0 Å². The number of ether oxygens (including phenoxy) is 1. The fourth-order valence-corrected chi connectivity index (χ4v) is 2.54. The van der Waals surface area contributed by atoms with Gasteiger partial charge in [0.1, 0.15) is 0 Å². The molecular formula is C9H17BrO. The van der Waals surface area contributed by atoms with Crippen LogP contribution < -0.4 is 0 Å². The van der Waals surface area contributed by atoms with Crippen molar-refractivity contribution in [3.63, 3.8) is 0 Å². The van der Waals surface area contributed by atoms with Crippen LogP contribution in [0.4, 0.5) is 0 Å². The molecule has 0 aliphatic heterocycles. The van der Waals surface area contributed by atoms with Gasteiger partial charge in [-0.2, -0.15) is 0 Å². The number of hydrogen-bond acceptors (Lipinski definition) is 1. The largest absolute Gasteiger partial charge is 0.381 e. The Morgan fingerprint density at radius 3 is 2.73 bits per heavy atom. The van der Waals surface area contributed by atoms with Crippen LogP contribution in [0.15, 0.2) is 0 Å². The molecule has 0 saturated heterocycles. The number of halogens is 1. The summed E-state index contributed by atoms with van der Waals surface area (Å²) >= 11 is 3.49. The molecule has 0 radical (unpaired) electrons. The van der Waals surface area contributed by atoms with E-state index < -0.39 is 0 Å². The summed E-state index contributed by atoms with van der Waals surface area (Å²) in [5.74, 6) is 0.813. The average molecular weight is 221 g/mol. The molecule has 0 heterocycles. The molecule has 0 unspecified atom stereocenters. The van der Waals surface area contributed by atoms with Crippen LogP contribution in [0.3, 0.4) is 0 Å². The Bertz CT molecular complexity index is 104. The third-order valence-corrected chi connectivity index (χ3v) is 3.08. The molecule has 0 N–H and O–H groups in total. The second-order valence-corrected chi connectivity index (χ2v) is 4.09. The van der Waals surface area contributed by atoms with Crippen LogP contribution in [-0.4, -0.2) is 18.5 Å². The summed E-state index contributed by atoms with van der Waals surface area (Å²) < 4.78 is 5.44. The Balaban J connectivity index is 2.31. The molecule has 1 fully saturated rings. The Hall–Kier alpha value is 0.440. The van der Waals surface area contributed by atoms with Crippen molar-refractivity contribution in [3.8, 4) is 0 Å². The van der Waals surface area contributed by atoms with Gasteiger partial charge < -0.3 is 4.74 Å². The lowest BCUT2D eigenvalue weighted by Gasteiger charge is -2.29. The fraction of sp³-hybridized carbons (Fsp3) is 1.00. The standard InChI is InChI=1S/C9H17BrO/c1-11-9-5-3-2-4-8(9)6-7-10/h8-9H,2-7H2,1H3/t8-,9+/m1/s1. The van der Waals surface area contributed by atoms with Gasteiger partial charge in [0.15, 0.2) is 0 Å². The van der Waals surface area contributed by atoms with Crippen molar-refractivity contribution in [1.82, 2.24) is 0 Å². The normalized spacial score (nSPS) is 32.2. The maximum absolute atomic E-state index is 5.44. The van der Waals surface area contributed by atoms with Gasteiger partial charge >= 0.3 is 0 Å². The summed E-state index contributed by atoms with van der Waals surface area (Å²) in [5, 5.41) is 1.12. The van der Waals surface area contributed by atoms with E-state index in [0.29, 0.717) is 6.10 Å². The molecule has 0 bridgehead atoms. The minimum Gasteiger partial charge on any atom is -0.381 e. The van der Waals surface area contributed by atoms with Gasteiger partial charge in [0.25, 0.3) is 0 Å². The summed E-state index contributed by atoms with van der Waals surface area (Å²) in [4.78, 5) is 0.